The Kier molecular flexibility index (Phi) is 17.7. The molecule has 0 saturated heterocycles. The molecule has 1 aromatic carbocycles. The smallest absolute Gasteiger partial charge is 0.0395 e. The molecule has 0 aliphatic carbocycles. The van der Waals surface area contributed by atoms with Crippen molar-refractivity contribution < 1.29 is 0 Å². The predicted molar refractivity (Wildman–Crippen MR) is 103 cm³/mol. The summed E-state index contributed by atoms with van der Waals surface area (Å²) >= 11 is 1.41. The van der Waals surface area contributed by atoms with Gasteiger partial charge in [-0.3, -0.25) is 0 Å². The monoisotopic (exact) mass is 312 g/mol. The summed E-state index contributed by atoms with van der Waals surface area (Å²) in [5, 5.41) is 0. The van der Waals surface area contributed by atoms with Gasteiger partial charge in [-0.1, -0.05) is 31.2 Å². The van der Waals surface area contributed by atoms with Gasteiger partial charge in [0.2, 0.25) is 0 Å². The van der Waals surface area contributed by atoms with Crippen LogP contribution in [-0.2, 0) is 0 Å². The van der Waals surface area contributed by atoms with E-state index in [1.165, 1.54) is 113 Å². The molecule has 0 N–H and O–H groups in total. The Morgan fingerprint density at radius 1 is 0.636 bits per heavy atom. The minimum atomic E-state index is 1.37. The van der Waals surface area contributed by atoms with E-state index in [9.17, 15) is 0 Å². The second kappa shape index (κ2) is 17.6. The van der Waals surface area contributed by atoms with Gasteiger partial charge in [0.15, 0.2) is 0 Å². The molecule has 0 atom stereocenters. The van der Waals surface area contributed by atoms with Gasteiger partial charge in [0.05, 0.1) is 0 Å². The van der Waals surface area contributed by atoms with Crippen LogP contribution in [0.4, 0.5) is 0 Å². The second-order valence-corrected chi connectivity index (χ2v) is 7.62. The van der Waals surface area contributed by atoms with Gasteiger partial charge in [0, 0.05) is 0 Å². The zero-order valence-corrected chi connectivity index (χ0v) is 17.8. The Labute approximate surface area is 157 Å². The SMILES string of the molecule is CCCCCCCCCCCC[CH2][Na].Cc1ccccc1C. The van der Waals surface area contributed by atoms with Crippen LogP contribution in [0.1, 0.15) is 88.7 Å². The van der Waals surface area contributed by atoms with Gasteiger partial charge in [-0.25, -0.2) is 0 Å². The zero-order valence-electron chi connectivity index (χ0n) is 15.8. The maximum atomic E-state index is 2.29. The summed E-state index contributed by atoms with van der Waals surface area (Å²) in [5.41, 5.74) is 2.74. The third-order valence-corrected chi connectivity index (χ3v) is 5.09. The summed E-state index contributed by atoms with van der Waals surface area (Å²) in [7, 11) is 0. The normalized spacial score (nSPS) is 10.2. The summed E-state index contributed by atoms with van der Waals surface area (Å²) < 4.78 is 1.51. The van der Waals surface area contributed by atoms with Crippen LogP contribution in [0.15, 0.2) is 24.3 Å². The van der Waals surface area contributed by atoms with Crippen molar-refractivity contribution in [1.82, 2.24) is 0 Å². The minimum absolute atomic E-state index is 1.37. The molecule has 1 aromatic rings. The molecule has 0 aliphatic rings. The molecule has 122 valence electrons. The van der Waals surface area contributed by atoms with Crippen LogP contribution in [-0.4, -0.2) is 27.9 Å². The standard InChI is InChI=1S/C13H27.C8H10.Na/c1-3-5-7-9-11-13-12-10-8-6-4-2;1-7-5-3-4-6-8(7)2;/h1,3-13H2,2H3;3-6H,1-2H3;. The molecule has 22 heavy (non-hydrogen) atoms. The second-order valence-electron chi connectivity index (χ2n) is 6.62. The molecule has 0 nitrogen and oxygen atoms in total. The Morgan fingerprint density at radius 2 is 1.00 bits per heavy atom. The number of aryl methyl sites for hydroxylation is 2. The fourth-order valence-corrected chi connectivity index (χ4v) is 3.08. The zero-order chi connectivity index (χ0) is 16.5. The molecule has 0 heterocycles. The predicted octanol–water partition coefficient (Wildman–Crippen LogP) is 7.19. The van der Waals surface area contributed by atoms with Crippen LogP contribution in [0.5, 0.6) is 0 Å². The summed E-state index contributed by atoms with van der Waals surface area (Å²) in [6, 6.07) is 8.36. The van der Waals surface area contributed by atoms with Crippen LogP contribution in [0, 0.1) is 13.8 Å². The van der Waals surface area contributed by atoms with Gasteiger partial charge >= 0.3 is 102 Å². The summed E-state index contributed by atoms with van der Waals surface area (Å²) in [6.07, 6.45) is 16.2. The molecule has 0 bridgehead atoms. The van der Waals surface area contributed by atoms with Crippen molar-refractivity contribution in [3.63, 3.8) is 0 Å². The largest absolute Gasteiger partial charge is 0.0620 e. The molecule has 1 heteroatoms. The molecule has 0 saturated carbocycles. The van der Waals surface area contributed by atoms with E-state index in [0.29, 0.717) is 0 Å². The molecule has 0 unspecified atom stereocenters. The molecule has 0 aromatic heterocycles. The third-order valence-electron chi connectivity index (χ3n) is 4.38. The first-order chi connectivity index (χ1) is 10.7. The van der Waals surface area contributed by atoms with Gasteiger partial charge in [0.25, 0.3) is 0 Å². The summed E-state index contributed by atoms with van der Waals surface area (Å²) in [6.45, 7) is 6.53. The average Bonchev–Trinajstić information content (AvgIpc) is 2.53. The third kappa shape index (κ3) is 15.1. The van der Waals surface area contributed by atoms with E-state index in [1.807, 2.05) is 0 Å². The van der Waals surface area contributed by atoms with Gasteiger partial charge in [0.1, 0.15) is 0 Å². The molecule has 0 radical (unpaired) electrons. The maximum Gasteiger partial charge on any atom is -0.0395 e. The van der Waals surface area contributed by atoms with Gasteiger partial charge < -0.3 is 0 Å². The van der Waals surface area contributed by atoms with Crippen molar-refractivity contribution in [3.05, 3.63) is 35.4 Å². The van der Waals surface area contributed by atoms with E-state index in [2.05, 4.69) is 45.0 Å². The van der Waals surface area contributed by atoms with Crippen LogP contribution < -0.4 is 0 Å². The van der Waals surface area contributed by atoms with E-state index >= 15 is 0 Å². The van der Waals surface area contributed by atoms with E-state index in [4.69, 9.17) is 0 Å². The van der Waals surface area contributed by atoms with Gasteiger partial charge in [-0.2, -0.15) is 0 Å². The fraction of sp³-hybridized carbons (Fsp3) is 0.714. The maximum absolute atomic E-state index is 2.29. The van der Waals surface area contributed by atoms with Crippen LogP contribution >= 0.6 is 0 Å². The Morgan fingerprint density at radius 3 is 1.32 bits per heavy atom. The molecule has 0 amide bonds. The van der Waals surface area contributed by atoms with E-state index < -0.39 is 0 Å². The first kappa shape index (κ1) is 22.2. The molecule has 0 aliphatic heterocycles. The molecular weight excluding hydrogens is 275 g/mol. The number of benzene rings is 1. The number of rotatable bonds is 11. The summed E-state index contributed by atoms with van der Waals surface area (Å²) in [5.74, 6) is 0. The summed E-state index contributed by atoms with van der Waals surface area (Å²) in [4.78, 5) is 0. The Hall–Kier alpha value is 0.220. The first-order valence-electron chi connectivity index (χ1n) is 9.74. The van der Waals surface area contributed by atoms with E-state index in [-0.39, 0.29) is 0 Å². The van der Waals surface area contributed by atoms with E-state index in [1.54, 1.807) is 0 Å². The van der Waals surface area contributed by atoms with Gasteiger partial charge in [-0.15, -0.1) is 0 Å². The molecule has 1 rings (SSSR count). The Bertz CT molecular complexity index is 299. The fourth-order valence-electron chi connectivity index (χ4n) is 2.58. The van der Waals surface area contributed by atoms with Crippen molar-refractivity contribution in [2.75, 3.05) is 0 Å². The quantitative estimate of drug-likeness (QED) is 0.299. The van der Waals surface area contributed by atoms with Crippen molar-refractivity contribution in [2.45, 2.75) is 95.1 Å². The van der Waals surface area contributed by atoms with Crippen molar-refractivity contribution in [1.29, 1.82) is 0 Å². The van der Waals surface area contributed by atoms with Crippen LogP contribution in [0.2, 0.25) is 3.67 Å². The first-order valence-corrected chi connectivity index (χ1v) is 11.2. The topological polar surface area (TPSA) is 0 Å². The molecule has 0 spiro atoms. The average molecular weight is 313 g/mol. The van der Waals surface area contributed by atoms with Gasteiger partial charge in [-0.05, 0) is 25.0 Å². The number of unbranched alkanes of at least 4 members (excludes halogenated alkanes) is 10. The minimum Gasteiger partial charge on any atom is -0.0620 e. The van der Waals surface area contributed by atoms with E-state index in [0.717, 1.165) is 0 Å². The van der Waals surface area contributed by atoms with Crippen molar-refractivity contribution >= 4 is 27.9 Å². The van der Waals surface area contributed by atoms with Crippen LogP contribution in [0.3, 0.4) is 0 Å². The molecule has 0 fully saturated rings. The Balaban J connectivity index is 0.000000461. The van der Waals surface area contributed by atoms with Crippen LogP contribution in [0.25, 0.3) is 0 Å². The van der Waals surface area contributed by atoms with Crippen molar-refractivity contribution in [3.8, 4) is 0 Å². The van der Waals surface area contributed by atoms with Crippen molar-refractivity contribution in [2.24, 2.45) is 0 Å². The number of hydrogen-bond acceptors (Lipinski definition) is 0. The number of hydrogen-bond donors (Lipinski definition) is 0. The molecular formula is C21H37Na.